The molecule has 0 radical (unpaired) electrons. The highest BCUT2D eigenvalue weighted by Crippen LogP contribution is 2.25. The molecule has 0 unspecified atom stereocenters. The Morgan fingerprint density at radius 2 is 2.00 bits per heavy atom. The predicted octanol–water partition coefficient (Wildman–Crippen LogP) is 3.07. The number of rotatable bonds is 5. The number of nitrogen functional groups attached to an aromatic ring is 1. The van der Waals surface area contributed by atoms with Crippen LogP contribution >= 0.6 is 23.1 Å². The highest BCUT2D eigenvalue weighted by atomic mass is 32.2. The fourth-order valence-electron chi connectivity index (χ4n) is 2.27. The van der Waals surface area contributed by atoms with Gasteiger partial charge in [-0.15, -0.1) is 21.5 Å². The third kappa shape index (κ3) is 3.44. The van der Waals surface area contributed by atoms with Gasteiger partial charge in [0, 0.05) is 5.69 Å². The molecule has 3 N–H and O–H groups in total. The summed E-state index contributed by atoms with van der Waals surface area (Å²) in [5, 5.41) is 13.6. The summed E-state index contributed by atoms with van der Waals surface area (Å²) in [6.07, 6.45) is 0. The SMILES string of the molecule is Cc1cccc(C)c1NC(=O)CSc1nnc(-c2cccs2)n1N. The molecule has 0 atom stereocenters. The Balaban J connectivity index is 1.65. The lowest BCUT2D eigenvalue weighted by molar-refractivity contribution is -0.113. The average molecular weight is 359 g/mol. The number of nitrogens with zero attached hydrogens (tertiary/aromatic N) is 3. The van der Waals surface area contributed by atoms with Crippen LogP contribution < -0.4 is 11.2 Å². The van der Waals surface area contributed by atoms with Crippen LogP contribution in [0, 0.1) is 13.8 Å². The summed E-state index contributed by atoms with van der Waals surface area (Å²) < 4.78 is 1.42. The predicted molar refractivity (Wildman–Crippen MR) is 98.8 cm³/mol. The molecule has 3 rings (SSSR count). The lowest BCUT2D eigenvalue weighted by atomic mass is 10.1. The van der Waals surface area contributed by atoms with E-state index in [4.69, 9.17) is 5.84 Å². The number of para-hydroxylation sites is 1. The Morgan fingerprint density at radius 1 is 1.25 bits per heavy atom. The number of aromatic nitrogens is 3. The highest BCUT2D eigenvalue weighted by Gasteiger charge is 2.15. The molecule has 0 saturated heterocycles. The first-order chi connectivity index (χ1) is 11.6. The van der Waals surface area contributed by atoms with E-state index in [0.717, 1.165) is 21.7 Å². The quantitative estimate of drug-likeness (QED) is 0.540. The number of benzene rings is 1. The van der Waals surface area contributed by atoms with Gasteiger partial charge in [0.25, 0.3) is 0 Å². The molecular weight excluding hydrogens is 342 g/mol. The summed E-state index contributed by atoms with van der Waals surface area (Å²) >= 11 is 2.80. The van der Waals surface area contributed by atoms with E-state index in [1.807, 2.05) is 49.6 Å². The molecule has 124 valence electrons. The maximum atomic E-state index is 12.2. The second kappa shape index (κ2) is 7.06. The number of carbonyl (C=O) groups is 1. The van der Waals surface area contributed by atoms with Crippen LogP contribution in [0.4, 0.5) is 5.69 Å². The van der Waals surface area contributed by atoms with Crippen LogP contribution in [0.5, 0.6) is 0 Å². The molecule has 2 aromatic heterocycles. The van der Waals surface area contributed by atoms with E-state index in [0.29, 0.717) is 11.0 Å². The second-order valence-corrected chi connectivity index (χ2v) is 7.15. The van der Waals surface area contributed by atoms with Crippen LogP contribution in [0.15, 0.2) is 40.9 Å². The van der Waals surface area contributed by atoms with Gasteiger partial charge in [0.05, 0.1) is 10.6 Å². The number of hydrogen-bond donors (Lipinski definition) is 2. The maximum absolute atomic E-state index is 12.2. The molecule has 0 spiro atoms. The Morgan fingerprint density at radius 3 is 2.67 bits per heavy atom. The lowest BCUT2D eigenvalue weighted by Gasteiger charge is -2.11. The number of amides is 1. The molecule has 24 heavy (non-hydrogen) atoms. The number of thioether (sulfide) groups is 1. The van der Waals surface area contributed by atoms with Gasteiger partial charge in [0.1, 0.15) is 0 Å². The fourth-order valence-corrected chi connectivity index (χ4v) is 3.63. The van der Waals surface area contributed by atoms with Crippen molar-refractivity contribution in [1.29, 1.82) is 0 Å². The van der Waals surface area contributed by atoms with Crippen LogP contribution in [0.3, 0.4) is 0 Å². The summed E-state index contributed by atoms with van der Waals surface area (Å²) in [5.41, 5.74) is 2.93. The van der Waals surface area contributed by atoms with Crippen molar-refractivity contribution < 1.29 is 4.79 Å². The Bertz CT molecular complexity index is 837. The Labute approximate surface area is 148 Å². The van der Waals surface area contributed by atoms with E-state index < -0.39 is 0 Å². The molecule has 0 aliphatic heterocycles. The van der Waals surface area contributed by atoms with Gasteiger partial charge in [-0.1, -0.05) is 36.0 Å². The minimum atomic E-state index is -0.0990. The van der Waals surface area contributed by atoms with Crippen molar-refractivity contribution in [3.8, 4) is 10.7 Å². The summed E-state index contributed by atoms with van der Waals surface area (Å²) in [6, 6.07) is 9.77. The number of aryl methyl sites for hydroxylation is 2. The summed E-state index contributed by atoms with van der Waals surface area (Å²) in [6.45, 7) is 3.94. The summed E-state index contributed by atoms with van der Waals surface area (Å²) in [7, 11) is 0. The molecule has 2 heterocycles. The van der Waals surface area contributed by atoms with E-state index in [-0.39, 0.29) is 11.7 Å². The number of hydrogen-bond acceptors (Lipinski definition) is 6. The first kappa shape index (κ1) is 16.5. The van der Waals surface area contributed by atoms with Gasteiger partial charge in [0.15, 0.2) is 5.82 Å². The number of nitrogens with one attached hydrogen (secondary N) is 1. The van der Waals surface area contributed by atoms with Crippen LogP contribution in [-0.2, 0) is 4.79 Å². The van der Waals surface area contributed by atoms with Crippen LogP contribution in [0.25, 0.3) is 10.7 Å². The van der Waals surface area contributed by atoms with Crippen molar-refractivity contribution in [3.05, 3.63) is 46.8 Å². The minimum absolute atomic E-state index is 0.0990. The van der Waals surface area contributed by atoms with Gasteiger partial charge < -0.3 is 11.2 Å². The Kier molecular flexibility index (Phi) is 4.86. The number of thiophene rings is 1. The first-order valence-electron chi connectivity index (χ1n) is 7.29. The van der Waals surface area contributed by atoms with Crippen molar-refractivity contribution in [2.45, 2.75) is 19.0 Å². The first-order valence-corrected chi connectivity index (χ1v) is 9.16. The van der Waals surface area contributed by atoms with Crippen molar-refractivity contribution in [2.24, 2.45) is 0 Å². The van der Waals surface area contributed by atoms with Crippen molar-refractivity contribution in [1.82, 2.24) is 14.9 Å². The van der Waals surface area contributed by atoms with E-state index in [9.17, 15) is 4.79 Å². The fraction of sp³-hybridized carbons (Fsp3) is 0.188. The second-order valence-electron chi connectivity index (χ2n) is 5.26. The third-order valence-corrected chi connectivity index (χ3v) is 5.29. The Hall–Kier alpha value is -2.32. The average Bonchev–Trinajstić information content (AvgIpc) is 3.19. The third-order valence-electron chi connectivity index (χ3n) is 3.48. The molecule has 8 heteroatoms. The summed E-state index contributed by atoms with van der Waals surface area (Å²) in [5.74, 6) is 6.74. The van der Waals surface area contributed by atoms with Gasteiger partial charge in [-0.05, 0) is 36.4 Å². The van der Waals surface area contributed by atoms with E-state index in [1.54, 1.807) is 11.3 Å². The highest BCUT2D eigenvalue weighted by molar-refractivity contribution is 7.99. The molecular formula is C16H17N5OS2. The number of nitrogens with two attached hydrogens (primary N) is 1. The zero-order valence-corrected chi connectivity index (χ0v) is 14.9. The van der Waals surface area contributed by atoms with Gasteiger partial charge >= 0.3 is 0 Å². The zero-order chi connectivity index (χ0) is 17.1. The van der Waals surface area contributed by atoms with Crippen molar-refractivity contribution in [2.75, 3.05) is 16.9 Å². The number of carbonyl (C=O) groups excluding carboxylic acids is 1. The summed E-state index contributed by atoms with van der Waals surface area (Å²) in [4.78, 5) is 13.2. The standard InChI is InChI=1S/C16H17N5OS2/c1-10-5-3-6-11(2)14(10)18-13(22)9-24-16-20-19-15(21(16)17)12-7-4-8-23-12/h3-8H,9,17H2,1-2H3,(H,18,22). The molecule has 0 fully saturated rings. The van der Waals surface area contributed by atoms with Crippen LogP contribution in [0.2, 0.25) is 0 Å². The normalized spacial score (nSPS) is 10.8. The number of anilines is 1. The molecule has 0 bridgehead atoms. The largest absolute Gasteiger partial charge is 0.335 e. The van der Waals surface area contributed by atoms with E-state index in [2.05, 4.69) is 15.5 Å². The van der Waals surface area contributed by atoms with Crippen LogP contribution in [0.1, 0.15) is 11.1 Å². The van der Waals surface area contributed by atoms with Gasteiger partial charge in [-0.3, -0.25) is 4.79 Å². The molecule has 1 aromatic carbocycles. The molecule has 0 aliphatic carbocycles. The van der Waals surface area contributed by atoms with Gasteiger partial charge in [-0.25, -0.2) is 4.68 Å². The minimum Gasteiger partial charge on any atom is -0.335 e. The topological polar surface area (TPSA) is 85.8 Å². The monoisotopic (exact) mass is 359 g/mol. The van der Waals surface area contributed by atoms with E-state index in [1.165, 1.54) is 16.4 Å². The maximum Gasteiger partial charge on any atom is 0.234 e. The van der Waals surface area contributed by atoms with Gasteiger partial charge in [0.2, 0.25) is 11.1 Å². The molecule has 3 aromatic rings. The molecule has 1 amide bonds. The molecule has 0 saturated carbocycles. The van der Waals surface area contributed by atoms with Crippen LogP contribution in [-0.4, -0.2) is 26.5 Å². The van der Waals surface area contributed by atoms with E-state index >= 15 is 0 Å². The van der Waals surface area contributed by atoms with Gasteiger partial charge in [-0.2, -0.15) is 0 Å². The molecule has 6 nitrogen and oxygen atoms in total. The molecule has 0 aliphatic rings. The smallest absolute Gasteiger partial charge is 0.234 e. The lowest BCUT2D eigenvalue weighted by Crippen LogP contribution is -2.17. The zero-order valence-electron chi connectivity index (χ0n) is 13.3. The van der Waals surface area contributed by atoms with Crippen molar-refractivity contribution >= 4 is 34.7 Å². The van der Waals surface area contributed by atoms with Crippen molar-refractivity contribution in [3.63, 3.8) is 0 Å².